The minimum Gasteiger partial charge on any atom is -0.366 e. The van der Waals surface area contributed by atoms with E-state index in [0.29, 0.717) is 11.6 Å². The maximum absolute atomic E-state index is 11.2. The van der Waals surface area contributed by atoms with E-state index in [4.69, 9.17) is 0 Å². The van der Waals surface area contributed by atoms with Crippen LogP contribution < -0.4 is 5.32 Å². The van der Waals surface area contributed by atoms with Crippen molar-refractivity contribution in [1.29, 1.82) is 0 Å². The zero-order valence-corrected chi connectivity index (χ0v) is 15.3. The third-order valence-electron chi connectivity index (χ3n) is 4.46. The lowest BCUT2D eigenvalue weighted by Gasteiger charge is -2.24. The van der Waals surface area contributed by atoms with Gasteiger partial charge in [-0.1, -0.05) is 52.2 Å². The molecule has 130 valence electrons. The Balaban J connectivity index is 2.73. The van der Waals surface area contributed by atoms with Crippen molar-refractivity contribution in [3.05, 3.63) is 76.7 Å². The van der Waals surface area contributed by atoms with Crippen LogP contribution in [0.2, 0.25) is 0 Å². The highest BCUT2D eigenvalue weighted by Crippen LogP contribution is 2.37. The standard InChI is InChI=1S/C21H30N2O/c1-7-15(3)21-17(5)13-19(14-20(21)23-24)16(4)11-9-10-12-22-18(6)8-2/h10,12,14,16,22H,3,5-9,11,13H2,1-2,4H3/b12-10+. The quantitative estimate of drug-likeness (QED) is 0.478. The largest absolute Gasteiger partial charge is 0.366 e. The SMILES string of the molecule is C=C(CC)N/C=C/CCC(C)C1=CC(N=O)=C(C(=C)CC)C(=C)C1. The van der Waals surface area contributed by atoms with Crippen LogP contribution in [0.15, 0.2) is 77.0 Å². The van der Waals surface area contributed by atoms with Crippen LogP contribution in [0.5, 0.6) is 0 Å². The molecule has 0 fully saturated rings. The van der Waals surface area contributed by atoms with Gasteiger partial charge in [0.1, 0.15) is 5.70 Å². The molecule has 0 aromatic carbocycles. The minimum atomic E-state index is 0.383. The summed E-state index contributed by atoms with van der Waals surface area (Å²) in [5.74, 6) is 0.383. The Morgan fingerprint density at radius 2 is 2.08 bits per heavy atom. The molecule has 0 aromatic heterocycles. The van der Waals surface area contributed by atoms with Crippen molar-refractivity contribution in [1.82, 2.24) is 5.32 Å². The smallest absolute Gasteiger partial charge is 0.115 e. The van der Waals surface area contributed by atoms with Gasteiger partial charge in [0.2, 0.25) is 0 Å². The molecule has 1 atom stereocenters. The molecular weight excluding hydrogens is 296 g/mol. The average molecular weight is 326 g/mol. The topological polar surface area (TPSA) is 41.5 Å². The highest BCUT2D eigenvalue weighted by Gasteiger charge is 2.21. The fourth-order valence-electron chi connectivity index (χ4n) is 2.70. The third-order valence-corrected chi connectivity index (χ3v) is 4.46. The van der Waals surface area contributed by atoms with Gasteiger partial charge < -0.3 is 5.32 Å². The molecule has 0 spiro atoms. The van der Waals surface area contributed by atoms with Gasteiger partial charge in [-0.05, 0) is 66.6 Å². The van der Waals surface area contributed by atoms with Crippen molar-refractivity contribution in [3.8, 4) is 0 Å². The van der Waals surface area contributed by atoms with E-state index in [1.807, 2.05) is 19.2 Å². The van der Waals surface area contributed by atoms with Crippen molar-refractivity contribution in [3.63, 3.8) is 0 Å². The van der Waals surface area contributed by atoms with Gasteiger partial charge in [-0.25, -0.2) is 0 Å². The van der Waals surface area contributed by atoms with Gasteiger partial charge in [-0.2, -0.15) is 0 Å². The van der Waals surface area contributed by atoms with Crippen LogP contribution in [-0.4, -0.2) is 0 Å². The van der Waals surface area contributed by atoms with Gasteiger partial charge in [0, 0.05) is 11.3 Å². The molecule has 0 aliphatic heterocycles. The maximum Gasteiger partial charge on any atom is 0.115 e. The second kappa shape index (κ2) is 9.86. The minimum absolute atomic E-state index is 0.383. The number of rotatable bonds is 10. The van der Waals surface area contributed by atoms with E-state index in [1.54, 1.807) is 0 Å². The summed E-state index contributed by atoms with van der Waals surface area (Å²) in [6, 6.07) is 0. The van der Waals surface area contributed by atoms with Gasteiger partial charge in [0.25, 0.3) is 0 Å². The lowest BCUT2D eigenvalue weighted by atomic mass is 9.81. The van der Waals surface area contributed by atoms with E-state index in [1.165, 1.54) is 5.57 Å². The van der Waals surface area contributed by atoms with Crippen molar-refractivity contribution in [2.24, 2.45) is 11.1 Å². The second-order valence-electron chi connectivity index (χ2n) is 6.29. The van der Waals surface area contributed by atoms with Gasteiger partial charge in [-0.15, -0.1) is 4.91 Å². The molecule has 1 unspecified atom stereocenters. The molecule has 0 saturated heterocycles. The fraction of sp³-hybridized carbons (Fsp3) is 0.429. The summed E-state index contributed by atoms with van der Waals surface area (Å²) in [7, 11) is 0. The number of allylic oxidation sites excluding steroid dienone is 7. The Labute approximate surface area is 146 Å². The summed E-state index contributed by atoms with van der Waals surface area (Å²) in [5.41, 5.74) is 5.46. The van der Waals surface area contributed by atoms with Crippen LogP contribution >= 0.6 is 0 Å². The highest BCUT2D eigenvalue weighted by molar-refractivity contribution is 5.55. The molecule has 0 radical (unpaired) electrons. The van der Waals surface area contributed by atoms with Gasteiger partial charge in [0.15, 0.2) is 0 Å². The number of nitroso groups, excluding NO2 is 1. The molecule has 3 nitrogen and oxygen atoms in total. The summed E-state index contributed by atoms with van der Waals surface area (Å²) in [5, 5.41) is 6.37. The van der Waals surface area contributed by atoms with Crippen molar-refractivity contribution in [2.75, 3.05) is 0 Å². The van der Waals surface area contributed by atoms with E-state index >= 15 is 0 Å². The predicted molar refractivity (Wildman–Crippen MR) is 104 cm³/mol. The fourth-order valence-corrected chi connectivity index (χ4v) is 2.70. The van der Waals surface area contributed by atoms with Crippen LogP contribution in [-0.2, 0) is 0 Å². The zero-order chi connectivity index (χ0) is 18.1. The van der Waals surface area contributed by atoms with Crippen LogP contribution in [0, 0.1) is 10.8 Å². The zero-order valence-electron chi connectivity index (χ0n) is 15.3. The molecule has 1 N–H and O–H groups in total. The molecule has 1 aliphatic carbocycles. The Kier molecular flexibility index (Phi) is 8.17. The first kappa shape index (κ1) is 19.9. The summed E-state index contributed by atoms with van der Waals surface area (Å²) in [6.45, 7) is 18.4. The summed E-state index contributed by atoms with van der Waals surface area (Å²) in [6.07, 6.45) is 10.5. The van der Waals surface area contributed by atoms with E-state index in [0.717, 1.165) is 54.5 Å². The Morgan fingerprint density at radius 1 is 1.38 bits per heavy atom. The maximum atomic E-state index is 11.2. The number of nitrogens with one attached hydrogen (secondary N) is 1. The lowest BCUT2D eigenvalue weighted by Crippen LogP contribution is -2.09. The highest BCUT2D eigenvalue weighted by atomic mass is 16.3. The molecule has 0 saturated carbocycles. The van der Waals surface area contributed by atoms with E-state index < -0.39 is 0 Å². The van der Waals surface area contributed by atoms with Crippen LogP contribution in [0.4, 0.5) is 0 Å². The number of hydrogen-bond donors (Lipinski definition) is 1. The van der Waals surface area contributed by atoms with Crippen molar-refractivity contribution in [2.45, 2.75) is 52.9 Å². The second-order valence-corrected chi connectivity index (χ2v) is 6.29. The Bertz CT molecular complexity index is 605. The molecule has 0 aromatic rings. The van der Waals surface area contributed by atoms with Crippen LogP contribution in [0.3, 0.4) is 0 Å². The van der Waals surface area contributed by atoms with Gasteiger partial charge >= 0.3 is 0 Å². The van der Waals surface area contributed by atoms with Crippen LogP contribution in [0.1, 0.15) is 52.9 Å². The first-order valence-electron chi connectivity index (χ1n) is 8.68. The van der Waals surface area contributed by atoms with Crippen molar-refractivity contribution < 1.29 is 0 Å². The lowest BCUT2D eigenvalue weighted by molar-refractivity contribution is 0.603. The number of nitrogens with zero attached hydrogens (tertiary/aromatic N) is 1. The molecule has 1 aliphatic rings. The monoisotopic (exact) mass is 326 g/mol. The van der Waals surface area contributed by atoms with Gasteiger partial charge in [-0.3, -0.25) is 0 Å². The first-order chi connectivity index (χ1) is 11.4. The van der Waals surface area contributed by atoms with E-state index in [-0.39, 0.29) is 0 Å². The normalized spacial score (nSPS) is 16.1. The van der Waals surface area contributed by atoms with Crippen LogP contribution in [0.25, 0.3) is 0 Å². The molecule has 3 heteroatoms. The third kappa shape index (κ3) is 5.48. The van der Waals surface area contributed by atoms with E-state index in [9.17, 15) is 4.91 Å². The van der Waals surface area contributed by atoms with Gasteiger partial charge in [0.05, 0.1) is 0 Å². The predicted octanol–water partition coefficient (Wildman–Crippen LogP) is 6.30. The molecule has 0 bridgehead atoms. The molecular formula is C21H30N2O. The Hall–Kier alpha value is -2.16. The summed E-state index contributed by atoms with van der Waals surface area (Å²) in [4.78, 5) is 11.2. The summed E-state index contributed by atoms with van der Waals surface area (Å²) < 4.78 is 0. The summed E-state index contributed by atoms with van der Waals surface area (Å²) >= 11 is 0. The average Bonchev–Trinajstić information content (AvgIpc) is 2.59. The molecule has 24 heavy (non-hydrogen) atoms. The molecule has 1 rings (SSSR count). The molecule has 0 heterocycles. The van der Waals surface area contributed by atoms with Crippen molar-refractivity contribution >= 4 is 0 Å². The Morgan fingerprint density at radius 3 is 2.67 bits per heavy atom. The first-order valence-corrected chi connectivity index (χ1v) is 8.68. The van der Waals surface area contributed by atoms with E-state index in [2.05, 4.69) is 50.2 Å². The molecule has 0 amide bonds. The number of hydrogen-bond acceptors (Lipinski definition) is 3.